The summed E-state index contributed by atoms with van der Waals surface area (Å²) < 4.78 is 29.1. The minimum Gasteiger partial charge on any atom is -0.330 e. The summed E-state index contributed by atoms with van der Waals surface area (Å²) in [6.45, 7) is 8.10. The molecule has 1 aromatic carbocycles. The summed E-state index contributed by atoms with van der Waals surface area (Å²) in [6.07, 6.45) is 2.86. The molecule has 0 aliphatic rings. The number of para-hydroxylation sites is 1. The van der Waals surface area contributed by atoms with E-state index in [4.69, 9.17) is 11.6 Å². The van der Waals surface area contributed by atoms with E-state index in [0.717, 1.165) is 12.1 Å². The van der Waals surface area contributed by atoms with Crippen molar-refractivity contribution in [1.82, 2.24) is 14.7 Å². The highest BCUT2D eigenvalue weighted by Gasteiger charge is 2.18. The fourth-order valence-corrected chi connectivity index (χ4v) is 3.11. The molecule has 0 atom stereocenters. The second-order valence-corrected chi connectivity index (χ2v) is 7.55. The molecule has 1 aromatic heterocycles. The molecular formula is C21H25ClF2N4O2. The molecule has 2 rings (SSSR count). The number of rotatable bonds is 8. The maximum atomic E-state index is 13.7. The number of nitrogens with zero attached hydrogens (tertiary/aromatic N) is 3. The van der Waals surface area contributed by atoms with Crippen molar-refractivity contribution < 1.29 is 18.4 Å². The Balaban J connectivity index is 2.08. The topological polar surface area (TPSA) is 67.2 Å². The van der Waals surface area contributed by atoms with Crippen LogP contribution in [0.15, 0.2) is 24.3 Å². The predicted octanol–water partition coefficient (Wildman–Crippen LogP) is 4.28. The Morgan fingerprint density at radius 1 is 1.30 bits per heavy atom. The molecule has 0 radical (unpaired) electrons. The summed E-state index contributed by atoms with van der Waals surface area (Å²) in [5.41, 5.74) is 0.765. The highest BCUT2D eigenvalue weighted by molar-refractivity contribution is 6.31. The van der Waals surface area contributed by atoms with E-state index >= 15 is 0 Å². The molecule has 162 valence electrons. The maximum Gasteiger partial charge on any atom is 0.247 e. The number of carbonyl (C=O) groups is 2. The number of aromatic nitrogens is 2. The predicted molar refractivity (Wildman–Crippen MR) is 113 cm³/mol. The minimum atomic E-state index is -0.888. The third kappa shape index (κ3) is 5.89. The SMILES string of the molecule is CCN(CC(=O)Nc1c(F)cccc1F)C(=O)/C=C/c1c(C)nn(CC(C)C)c1Cl. The zero-order valence-corrected chi connectivity index (χ0v) is 18.1. The molecule has 1 heterocycles. The molecule has 0 bridgehead atoms. The first-order chi connectivity index (χ1) is 14.1. The van der Waals surface area contributed by atoms with Crippen molar-refractivity contribution in [1.29, 1.82) is 0 Å². The second kappa shape index (κ2) is 10.3. The standard InChI is InChI=1S/C21H25ClF2N4O2/c1-5-27(12-18(29)25-20-16(23)7-6-8-17(20)24)19(30)10-9-15-14(4)26-28(21(15)22)11-13(2)3/h6-10,13H,5,11-12H2,1-4H3,(H,25,29)/b10-9+. The Morgan fingerprint density at radius 2 is 1.93 bits per heavy atom. The zero-order chi connectivity index (χ0) is 22.4. The Hall–Kier alpha value is -2.74. The van der Waals surface area contributed by atoms with Crippen LogP contribution in [0.5, 0.6) is 0 Å². The van der Waals surface area contributed by atoms with E-state index in [1.807, 2.05) is 13.8 Å². The first-order valence-corrected chi connectivity index (χ1v) is 9.95. The van der Waals surface area contributed by atoms with Gasteiger partial charge in [0.2, 0.25) is 11.8 Å². The molecule has 0 aliphatic carbocycles. The normalized spacial score (nSPS) is 11.3. The lowest BCUT2D eigenvalue weighted by Gasteiger charge is -2.18. The van der Waals surface area contributed by atoms with Crippen LogP contribution in [-0.2, 0) is 16.1 Å². The van der Waals surface area contributed by atoms with Crippen LogP contribution in [-0.4, -0.2) is 39.6 Å². The van der Waals surface area contributed by atoms with Crippen molar-refractivity contribution >= 4 is 35.2 Å². The van der Waals surface area contributed by atoms with Gasteiger partial charge in [-0.1, -0.05) is 31.5 Å². The maximum absolute atomic E-state index is 13.7. The van der Waals surface area contributed by atoms with Gasteiger partial charge >= 0.3 is 0 Å². The van der Waals surface area contributed by atoms with Gasteiger partial charge in [0.05, 0.1) is 5.69 Å². The van der Waals surface area contributed by atoms with Gasteiger partial charge in [-0.25, -0.2) is 8.78 Å². The fraction of sp³-hybridized carbons (Fsp3) is 0.381. The van der Waals surface area contributed by atoms with Crippen LogP contribution in [0.1, 0.15) is 32.0 Å². The van der Waals surface area contributed by atoms with E-state index in [1.54, 1.807) is 24.6 Å². The molecular weight excluding hydrogens is 414 g/mol. The van der Waals surface area contributed by atoms with E-state index in [9.17, 15) is 18.4 Å². The Bertz CT molecular complexity index is 936. The third-order valence-electron chi connectivity index (χ3n) is 4.30. The quantitative estimate of drug-likeness (QED) is 0.625. The van der Waals surface area contributed by atoms with Crippen molar-refractivity contribution in [3.63, 3.8) is 0 Å². The van der Waals surface area contributed by atoms with Gasteiger partial charge in [-0.2, -0.15) is 5.10 Å². The second-order valence-electron chi connectivity index (χ2n) is 7.20. The highest BCUT2D eigenvalue weighted by atomic mass is 35.5. The van der Waals surface area contributed by atoms with Crippen LogP contribution in [0, 0.1) is 24.5 Å². The van der Waals surface area contributed by atoms with Gasteiger partial charge in [-0.15, -0.1) is 0 Å². The average Bonchev–Trinajstić information content (AvgIpc) is 2.93. The number of hydrogen-bond acceptors (Lipinski definition) is 3. The van der Waals surface area contributed by atoms with E-state index in [1.165, 1.54) is 17.0 Å². The first kappa shape index (κ1) is 23.5. The number of carbonyl (C=O) groups excluding carboxylic acids is 2. The number of hydrogen-bond donors (Lipinski definition) is 1. The van der Waals surface area contributed by atoms with Gasteiger partial charge in [-0.05, 0) is 38.0 Å². The number of aryl methyl sites for hydroxylation is 1. The number of anilines is 1. The molecule has 2 amide bonds. The summed E-state index contributed by atoms with van der Waals surface area (Å²) >= 11 is 6.36. The largest absolute Gasteiger partial charge is 0.330 e. The molecule has 0 unspecified atom stereocenters. The highest BCUT2D eigenvalue weighted by Crippen LogP contribution is 2.22. The number of halogens is 3. The summed E-state index contributed by atoms with van der Waals surface area (Å²) in [5, 5.41) is 6.98. The molecule has 6 nitrogen and oxygen atoms in total. The molecule has 0 saturated carbocycles. The average molecular weight is 439 g/mol. The van der Waals surface area contributed by atoms with Crippen LogP contribution in [0.2, 0.25) is 5.15 Å². The van der Waals surface area contributed by atoms with Gasteiger partial charge in [0.25, 0.3) is 0 Å². The molecule has 30 heavy (non-hydrogen) atoms. The number of benzene rings is 1. The van der Waals surface area contributed by atoms with Crippen LogP contribution >= 0.6 is 11.6 Å². The van der Waals surface area contributed by atoms with Crippen molar-refractivity contribution in [3.05, 3.63) is 52.3 Å². The molecule has 0 aliphatic heterocycles. The van der Waals surface area contributed by atoms with Crippen molar-refractivity contribution in [3.8, 4) is 0 Å². The van der Waals surface area contributed by atoms with Crippen molar-refractivity contribution in [2.24, 2.45) is 5.92 Å². The lowest BCUT2D eigenvalue weighted by atomic mass is 10.2. The lowest BCUT2D eigenvalue weighted by Crippen LogP contribution is -2.37. The van der Waals surface area contributed by atoms with Gasteiger partial charge in [-0.3, -0.25) is 14.3 Å². The monoisotopic (exact) mass is 438 g/mol. The number of likely N-dealkylation sites (N-methyl/N-ethyl adjacent to an activating group) is 1. The Kier molecular flexibility index (Phi) is 8.11. The fourth-order valence-electron chi connectivity index (χ4n) is 2.80. The molecule has 2 aromatic rings. The summed E-state index contributed by atoms with van der Waals surface area (Å²) in [6, 6.07) is 3.27. The van der Waals surface area contributed by atoms with Crippen molar-refractivity contribution in [2.45, 2.75) is 34.2 Å². The van der Waals surface area contributed by atoms with Crippen LogP contribution in [0.25, 0.3) is 6.08 Å². The van der Waals surface area contributed by atoms with Gasteiger partial charge in [0, 0.05) is 24.7 Å². The molecule has 1 N–H and O–H groups in total. The van der Waals surface area contributed by atoms with Gasteiger partial charge < -0.3 is 10.2 Å². The number of amides is 2. The van der Waals surface area contributed by atoms with Crippen LogP contribution in [0.3, 0.4) is 0 Å². The van der Waals surface area contributed by atoms with E-state index in [-0.39, 0.29) is 13.1 Å². The lowest BCUT2D eigenvalue weighted by molar-refractivity contribution is -0.130. The summed E-state index contributed by atoms with van der Waals surface area (Å²) in [5.74, 6) is -2.56. The van der Waals surface area contributed by atoms with E-state index in [2.05, 4.69) is 10.4 Å². The van der Waals surface area contributed by atoms with Crippen molar-refractivity contribution in [2.75, 3.05) is 18.4 Å². The summed E-state index contributed by atoms with van der Waals surface area (Å²) in [4.78, 5) is 25.9. The summed E-state index contributed by atoms with van der Waals surface area (Å²) in [7, 11) is 0. The van der Waals surface area contributed by atoms with Crippen LogP contribution < -0.4 is 5.32 Å². The zero-order valence-electron chi connectivity index (χ0n) is 17.4. The van der Waals surface area contributed by atoms with Gasteiger partial charge in [0.15, 0.2) is 0 Å². The number of nitrogens with one attached hydrogen (secondary N) is 1. The molecule has 0 spiro atoms. The third-order valence-corrected chi connectivity index (χ3v) is 4.69. The first-order valence-electron chi connectivity index (χ1n) is 9.57. The smallest absolute Gasteiger partial charge is 0.247 e. The van der Waals surface area contributed by atoms with Gasteiger partial charge in [0.1, 0.15) is 29.0 Å². The Morgan fingerprint density at radius 3 is 2.50 bits per heavy atom. The van der Waals surface area contributed by atoms with E-state index in [0.29, 0.717) is 28.9 Å². The molecule has 0 saturated heterocycles. The van der Waals surface area contributed by atoms with E-state index < -0.39 is 29.1 Å². The minimum absolute atomic E-state index is 0.232. The molecule has 9 heteroatoms. The molecule has 0 fully saturated rings. The van der Waals surface area contributed by atoms with Crippen LogP contribution in [0.4, 0.5) is 14.5 Å². The Labute approximate surface area is 179 Å².